The number of aromatic nitrogens is 1. The van der Waals surface area contributed by atoms with Gasteiger partial charge in [-0.15, -0.1) is 0 Å². The van der Waals surface area contributed by atoms with Crippen LogP contribution in [0, 0.1) is 0 Å². The predicted molar refractivity (Wildman–Crippen MR) is 43.7 cm³/mol. The highest BCUT2D eigenvalue weighted by atomic mass is 16.1. The summed E-state index contributed by atoms with van der Waals surface area (Å²) in [6.07, 6.45) is 6.91. The van der Waals surface area contributed by atoms with Gasteiger partial charge in [0.2, 0.25) is 0 Å². The van der Waals surface area contributed by atoms with Gasteiger partial charge in [0.05, 0.1) is 0 Å². The fourth-order valence-electron chi connectivity index (χ4n) is 0.700. The lowest BCUT2D eigenvalue weighted by atomic mass is 10.2. The topological polar surface area (TPSA) is 56.0 Å². The molecule has 1 aromatic heterocycles. The van der Waals surface area contributed by atoms with Crippen LogP contribution in [0.2, 0.25) is 0 Å². The van der Waals surface area contributed by atoms with E-state index in [0.717, 1.165) is 5.56 Å². The molecule has 3 nitrogen and oxygen atoms in total. The zero-order valence-electron chi connectivity index (χ0n) is 5.90. The third-order valence-corrected chi connectivity index (χ3v) is 1.24. The van der Waals surface area contributed by atoms with Crippen LogP contribution in [0.5, 0.6) is 0 Å². The molecule has 1 aromatic rings. The number of hydrogen-bond acceptors (Lipinski definition) is 3. The largest absolute Gasteiger partial charge is 0.398 e. The number of nitrogens with zero attached hydrogens (tertiary/aromatic N) is 1. The first-order valence-electron chi connectivity index (χ1n) is 3.16. The Kier molecular flexibility index (Phi) is 2.38. The summed E-state index contributed by atoms with van der Waals surface area (Å²) in [6.45, 7) is 0. The maximum atomic E-state index is 9.94. The molecule has 1 rings (SSSR count). The fourth-order valence-corrected chi connectivity index (χ4v) is 0.700. The number of hydrogen-bond donors (Lipinski definition) is 1. The smallest absolute Gasteiger partial charge is 0.142 e. The first-order chi connectivity index (χ1) is 5.34. The molecule has 0 saturated heterocycles. The van der Waals surface area contributed by atoms with Gasteiger partial charge in [0, 0.05) is 23.6 Å². The summed E-state index contributed by atoms with van der Waals surface area (Å²) in [4.78, 5) is 13.8. The van der Waals surface area contributed by atoms with Crippen LogP contribution in [-0.2, 0) is 4.79 Å². The van der Waals surface area contributed by atoms with Crippen molar-refractivity contribution in [3.8, 4) is 0 Å². The molecule has 0 fully saturated rings. The van der Waals surface area contributed by atoms with Crippen molar-refractivity contribution in [1.29, 1.82) is 0 Å². The number of allylic oxidation sites excluding steroid dienone is 1. The van der Waals surface area contributed by atoms with Crippen molar-refractivity contribution in [1.82, 2.24) is 4.98 Å². The van der Waals surface area contributed by atoms with Crippen LogP contribution in [0.15, 0.2) is 24.5 Å². The summed E-state index contributed by atoms with van der Waals surface area (Å²) in [5, 5.41) is 0. The van der Waals surface area contributed by atoms with Crippen LogP contribution in [0.25, 0.3) is 6.08 Å². The number of aldehydes is 1. The average Bonchev–Trinajstić information content (AvgIpc) is 2.03. The molecule has 0 bridgehead atoms. The highest BCUT2D eigenvalue weighted by Gasteiger charge is 1.90. The first kappa shape index (κ1) is 7.47. The molecular weight excluding hydrogens is 140 g/mol. The van der Waals surface area contributed by atoms with Crippen molar-refractivity contribution in [2.75, 3.05) is 5.73 Å². The van der Waals surface area contributed by atoms with Crippen LogP contribution in [-0.4, -0.2) is 11.3 Å². The van der Waals surface area contributed by atoms with Gasteiger partial charge in [-0.3, -0.25) is 9.78 Å². The maximum absolute atomic E-state index is 9.94. The molecule has 0 spiro atoms. The Labute approximate surface area is 64.6 Å². The Hall–Kier alpha value is -1.64. The number of carbonyl (C=O) groups excluding carboxylic acids is 1. The average molecular weight is 148 g/mol. The minimum Gasteiger partial charge on any atom is -0.398 e. The number of pyridine rings is 1. The molecule has 0 aliphatic heterocycles. The van der Waals surface area contributed by atoms with E-state index < -0.39 is 0 Å². The number of nitrogen functional groups attached to an aromatic ring is 1. The van der Waals surface area contributed by atoms with Gasteiger partial charge in [-0.25, -0.2) is 0 Å². The van der Waals surface area contributed by atoms with E-state index in [1.165, 1.54) is 6.08 Å². The molecule has 0 amide bonds. The molecule has 3 heteroatoms. The normalized spacial score (nSPS) is 10.2. The Bertz CT molecular complexity index is 281. The predicted octanol–water partition coefficient (Wildman–Crippen LogP) is 0.876. The summed E-state index contributed by atoms with van der Waals surface area (Å²) in [5.41, 5.74) is 6.94. The van der Waals surface area contributed by atoms with Crippen LogP contribution in [0.4, 0.5) is 5.69 Å². The summed E-state index contributed by atoms with van der Waals surface area (Å²) < 4.78 is 0. The lowest BCUT2D eigenvalue weighted by Crippen LogP contribution is -1.88. The summed E-state index contributed by atoms with van der Waals surface area (Å²) in [5.74, 6) is 0. The van der Waals surface area contributed by atoms with Crippen molar-refractivity contribution in [2.45, 2.75) is 0 Å². The SMILES string of the molecule is Nc1ccncc1C=CC=O. The minimum absolute atomic E-state index is 0.623. The van der Waals surface area contributed by atoms with Gasteiger partial charge in [0.15, 0.2) is 0 Å². The van der Waals surface area contributed by atoms with E-state index >= 15 is 0 Å². The van der Waals surface area contributed by atoms with Gasteiger partial charge < -0.3 is 5.73 Å². The molecule has 0 aliphatic carbocycles. The summed E-state index contributed by atoms with van der Waals surface area (Å²) in [7, 11) is 0. The Morgan fingerprint density at radius 2 is 2.36 bits per heavy atom. The highest BCUT2D eigenvalue weighted by molar-refractivity contribution is 5.76. The van der Waals surface area contributed by atoms with E-state index in [2.05, 4.69) is 4.98 Å². The zero-order valence-corrected chi connectivity index (χ0v) is 5.90. The third kappa shape index (κ3) is 1.89. The Morgan fingerprint density at radius 1 is 1.55 bits per heavy atom. The monoisotopic (exact) mass is 148 g/mol. The minimum atomic E-state index is 0.623. The van der Waals surface area contributed by atoms with Crippen molar-refractivity contribution in [3.63, 3.8) is 0 Å². The lowest BCUT2D eigenvalue weighted by molar-refractivity contribution is -0.104. The van der Waals surface area contributed by atoms with Crippen LogP contribution in [0.1, 0.15) is 5.56 Å². The van der Waals surface area contributed by atoms with Gasteiger partial charge in [0.1, 0.15) is 6.29 Å². The number of anilines is 1. The van der Waals surface area contributed by atoms with Crippen molar-refractivity contribution >= 4 is 18.0 Å². The van der Waals surface area contributed by atoms with Crippen molar-refractivity contribution < 1.29 is 4.79 Å². The van der Waals surface area contributed by atoms with Gasteiger partial charge in [-0.2, -0.15) is 0 Å². The number of carbonyl (C=O) groups is 1. The number of rotatable bonds is 2. The van der Waals surface area contributed by atoms with E-state index in [4.69, 9.17) is 5.73 Å². The van der Waals surface area contributed by atoms with E-state index in [-0.39, 0.29) is 0 Å². The first-order valence-corrected chi connectivity index (χ1v) is 3.16. The van der Waals surface area contributed by atoms with E-state index in [9.17, 15) is 4.79 Å². The molecule has 1 heterocycles. The van der Waals surface area contributed by atoms with Crippen molar-refractivity contribution in [2.24, 2.45) is 0 Å². The van der Waals surface area contributed by atoms with Gasteiger partial charge >= 0.3 is 0 Å². The van der Waals surface area contributed by atoms with Gasteiger partial charge in [-0.05, 0) is 18.2 Å². The zero-order chi connectivity index (χ0) is 8.10. The summed E-state index contributed by atoms with van der Waals surface area (Å²) >= 11 is 0. The van der Waals surface area contributed by atoms with E-state index in [0.29, 0.717) is 12.0 Å². The Morgan fingerprint density at radius 3 is 3.00 bits per heavy atom. The molecule has 0 saturated carbocycles. The van der Waals surface area contributed by atoms with Crippen LogP contribution < -0.4 is 5.73 Å². The highest BCUT2D eigenvalue weighted by Crippen LogP contribution is 2.09. The molecule has 56 valence electrons. The summed E-state index contributed by atoms with van der Waals surface area (Å²) in [6, 6.07) is 1.68. The second-order valence-corrected chi connectivity index (χ2v) is 2.00. The standard InChI is InChI=1S/C8H8N2O/c9-8-3-4-10-6-7(8)2-1-5-11/h1-6H,(H2,9,10). The lowest BCUT2D eigenvalue weighted by Gasteiger charge is -1.95. The van der Waals surface area contributed by atoms with Crippen LogP contribution in [0.3, 0.4) is 0 Å². The quantitative estimate of drug-likeness (QED) is 0.500. The third-order valence-electron chi connectivity index (χ3n) is 1.24. The molecular formula is C8H8N2O. The number of nitrogens with two attached hydrogens (primary N) is 1. The molecule has 0 atom stereocenters. The fraction of sp³-hybridized carbons (Fsp3) is 0. The maximum Gasteiger partial charge on any atom is 0.142 e. The van der Waals surface area contributed by atoms with E-state index in [1.54, 1.807) is 24.5 Å². The van der Waals surface area contributed by atoms with Gasteiger partial charge in [0.25, 0.3) is 0 Å². The second kappa shape index (κ2) is 3.51. The molecule has 0 unspecified atom stereocenters. The van der Waals surface area contributed by atoms with Crippen LogP contribution >= 0.6 is 0 Å². The molecule has 0 radical (unpaired) electrons. The second-order valence-electron chi connectivity index (χ2n) is 2.00. The molecule has 0 aromatic carbocycles. The van der Waals surface area contributed by atoms with E-state index in [1.807, 2.05) is 0 Å². The van der Waals surface area contributed by atoms with Crippen molar-refractivity contribution in [3.05, 3.63) is 30.1 Å². The Balaban J connectivity index is 2.94. The van der Waals surface area contributed by atoms with Gasteiger partial charge in [-0.1, -0.05) is 0 Å². The molecule has 2 N–H and O–H groups in total. The molecule has 11 heavy (non-hydrogen) atoms. The molecule has 0 aliphatic rings.